The number of benzene rings is 2. The maximum absolute atomic E-state index is 6.36. The van der Waals surface area contributed by atoms with E-state index in [0.717, 1.165) is 30.8 Å². The molecule has 0 radical (unpaired) electrons. The van der Waals surface area contributed by atoms with Crippen LogP contribution in [0.3, 0.4) is 0 Å². The molecule has 1 atom stereocenters. The molecule has 0 aliphatic heterocycles. The lowest BCUT2D eigenvalue weighted by atomic mass is 10.0. The van der Waals surface area contributed by atoms with Gasteiger partial charge >= 0.3 is 8.60 Å². The summed E-state index contributed by atoms with van der Waals surface area (Å²) < 4.78 is 18.5. The van der Waals surface area contributed by atoms with Crippen molar-refractivity contribution in [3.05, 3.63) is 60.7 Å². The molecule has 0 N–H and O–H groups in total. The van der Waals surface area contributed by atoms with E-state index < -0.39 is 8.60 Å². The van der Waals surface area contributed by atoms with Crippen LogP contribution >= 0.6 is 8.60 Å². The van der Waals surface area contributed by atoms with Crippen LogP contribution in [0.1, 0.15) is 78.1 Å². The van der Waals surface area contributed by atoms with E-state index in [4.69, 9.17) is 13.6 Å². The van der Waals surface area contributed by atoms with E-state index in [1.54, 1.807) is 0 Å². The lowest BCUT2D eigenvalue weighted by molar-refractivity contribution is 0.156. The summed E-state index contributed by atoms with van der Waals surface area (Å²) in [5.74, 6) is 1.56. The largest absolute Gasteiger partial charge is 0.463 e. The molecule has 0 fully saturated rings. The van der Waals surface area contributed by atoms with E-state index in [1.807, 2.05) is 60.7 Å². The molecule has 0 spiro atoms. The predicted octanol–water partition coefficient (Wildman–Crippen LogP) is 8.70. The normalized spacial score (nSPS) is 12.1. The summed E-state index contributed by atoms with van der Waals surface area (Å²) in [6.45, 7) is 4.47. The molecule has 0 heterocycles. The fourth-order valence-electron chi connectivity index (χ4n) is 3.22. The zero-order chi connectivity index (χ0) is 20.6. The Hall–Kier alpha value is -1.57. The van der Waals surface area contributed by atoms with Crippen molar-refractivity contribution in [2.75, 3.05) is 0 Å². The average molecular weight is 417 g/mol. The molecule has 3 nitrogen and oxygen atoms in total. The highest BCUT2D eigenvalue weighted by molar-refractivity contribution is 7.42. The first-order valence-corrected chi connectivity index (χ1v) is 12.3. The zero-order valence-electron chi connectivity index (χ0n) is 18.1. The summed E-state index contributed by atoms with van der Waals surface area (Å²) in [7, 11) is -1.50. The van der Waals surface area contributed by atoms with E-state index in [2.05, 4.69) is 13.8 Å². The molecule has 4 heteroatoms. The molecule has 0 saturated heterocycles. The molecule has 29 heavy (non-hydrogen) atoms. The van der Waals surface area contributed by atoms with Gasteiger partial charge in [-0.15, -0.1) is 0 Å². The first-order chi connectivity index (χ1) is 14.3. The Balaban J connectivity index is 1.88. The van der Waals surface area contributed by atoms with Crippen molar-refractivity contribution < 1.29 is 13.6 Å². The maximum atomic E-state index is 6.36. The van der Waals surface area contributed by atoms with Crippen LogP contribution in [0.25, 0.3) is 0 Å². The van der Waals surface area contributed by atoms with Crippen molar-refractivity contribution in [2.24, 2.45) is 0 Å². The molecule has 0 aliphatic rings. The fourth-order valence-corrected chi connectivity index (χ4v) is 4.38. The third-order valence-corrected chi connectivity index (χ3v) is 6.01. The lowest BCUT2D eigenvalue weighted by Gasteiger charge is -2.23. The standard InChI is InChI=1S/C25H37O3P/c1-3-5-6-7-8-9-12-18-23(17-4-2)26-29(27-24-19-13-10-14-20-24)28-25-21-15-11-16-22-25/h10-11,13-16,19-23H,3-9,12,17-18H2,1-2H3. The van der Waals surface area contributed by atoms with Crippen LogP contribution in [0, 0.1) is 0 Å². The summed E-state index contributed by atoms with van der Waals surface area (Å²) in [6.07, 6.45) is 12.6. The number of hydrogen-bond donors (Lipinski definition) is 0. The van der Waals surface area contributed by atoms with Crippen molar-refractivity contribution in [1.82, 2.24) is 0 Å². The van der Waals surface area contributed by atoms with Gasteiger partial charge in [0.1, 0.15) is 11.5 Å². The van der Waals surface area contributed by atoms with Gasteiger partial charge in [-0.2, -0.15) is 0 Å². The molecule has 0 bridgehead atoms. The van der Waals surface area contributed by atoms with Crippen LogP contribution in [0.4, 0.5) is 0 Å². The zero-order valence-corrected chi connectivity index (χ0v) is 19.0. The molecule has 0 aliphatic carbocycles. The molecule has 2 aromatic rings. The van der Waals surface area contributed by atoms with Gasteiger partial charge in [-0.1, -0.05) is 102 Å². The van der Waals surface area contributed by atoms with Crippen molar-refractivity contribution in [3.63, 3.8) is 0 Å². The summed E-state index contributed by atoms with van der Waals surface area (Å²) in [5.41, 5.74) is 0. The number of para-hydroxylation sites is 2. The van der Waals surface area contributed by atoms with Gasteiger partial charge in [-0.25, -0.2) is 0 Å². The molecule has 160 valence electrons. The van der Waals surface area contributed by atoms with E-state index in [-0.39, 0.29) is 6.10 Å². The smallest absolute Gasteiger partial charge is 0.418 e. The number of unbranched alkanes of at least 4 members (excludes halogenated alkanes) is 6. The van der Waals surface area contributed by atoms with Gasteiger partial charge in [-0.05, 0) is 37.1 Å². The van der Waals surface area contributed by atoms with Crippen molar-refractivity contribution in [1.29, 1.82) is 0 Å². The quantitative estimate of drug-likeness (QED) is 0.202. The minimum Gasteiger partial charge on any atom is -0.418 e. The van der Waals surface area contributed by atoms with Crippen LogP contribution in [0.5, 0.6) is 11.5 Å². The SMILES string of the molecule is CCCCCCCCCC(CCC)OP(Oc1ccccc1)Oc1ccccc1. The van der Waals surface area contributed by atoms with Gasteiger partial charge in [0.15, 0.2) is 0 Å². The highest BCUT2D eigenvalue weighted by atomic mass is 31.2. The van der Waals surface area contributed by atoms with Gasteiger partial charge in [0.2, 0.25) is 0 Å². The first kappa shape index (κ1) is 23.7. The minimum absolute atomic E-state index is 0.175. The first-order valence-electron chi connectivity index (χ1n) is 11.2. The predicted molar refractivity (Wildman–Crippen MR) is 123 cm³/mol. The third kappa shape index (κ3) is 10.7. The van der Waals surface area contributed by atoms with Gasteiger partial charge in [-0.3, -0.25) is 4.52 Å². The molecule has 0 amide bonds. The van der Waals surface area contributed by atoms with Crippen molar-refractivity contribution in [2.45, 2.75) is 84.2 Å². The number of hydrogen-bond acceptors (Lipinski definition) is 3. The Morgan fingerprint density at radius 2 is 1.14 bits per heavy atom. The number of rotatable bonds is 16. The van der Waals surface area contributed by atoms with Crippen LogP contribution in [0.2, 0.25) is 0 Å². The molecule has 2 rings (SSSR count). The van der Waals surface area contributed by atoms with Gasteiger partial charge in [0, 0.05) is 0 Å². The summed E-state index contributed by atoms with van der Waals surface area (Å²) >= 11 is 0. The monoisotopic (exact) mass is 416 g/mol. The molecular formula is C25H37O3P. The maximum Gasteiger partial charge on any atom is 0.463 e. The average Bonchev–Trinajstić information content (AvgIpc) is 2.74. The molecule has 0 saturated carbocycles. The van der Waals surface area contributed by atoms with Crippen LogP contribution < -0.4 is 9.05 Å². The fraction of sp³-hybridized carbons (Fsp3) is 0.520. The third-order valence-electron chi connectivity index (χ3n) is 4.82. The Kier molecular flexibility index (Phi) is 12.5. The van der Waals surface area contributed by atoms with E-state index in [9.17, 15) is 0 Å². The molecular weight excluding hydrogens is 379 g/mol. The Morgan fingerprint density at radius 3 is 1.66 bits per heavy atom. The van der Waals surface area contributed by atoms with Crippen molar-refractivity contribution in [3.8, 4) is 11.5 Å². The van der Waals surface area contributed by atoms with Gasteiger partial charge < -0.3 is 9.05 Å². The van der Waals surface area contributed by atoms with Gasteiger partial charge in [0.05, 0.1) is 6.10 Å². The Labute approximate surface area is 178 Å². The minimum atomic E-state index is -1.50. The summed E-state index contributed by atoms with van der Waals surface area (Å²) in [5, 5.41) is 0. The second-order valence-electron chi connectivity index (χ2n) is 7.46. The second-order valence-corrected chi connectivity index (χ2v) is 8.48. The molecule has 2 aromatic carbocycles. The summed E-state index contributed by atoms with van der Waals surface area (Å²) in [6, 6.07) is 19.6. The summed E-state index contributed by atoms with van der Waals surface area (Å²) in [4.78, 5) is 0. The Bertz CT molecular complexity index is 579. The van der Waals surface area contributed by atoms with E-state index in [1.165, 1.54) is 44.9 Å². The van der Waals surface area contributed by atoms with E-state index >= 15 is 0 Å². The lowest BCUT2D eigenvalue weighted by Crippen LogP contribution is -2.13. The molecule has 0 aromatic heterocycles. The molecule has 1 unspecified atom stereocenters. The highest BCUT2D eigenvalue weighted by Crippen LogP contribution is 2.43. The Morgan fingerprint density at radius 1 is 0.621 bits per heavy atom. The van der Waals surface area contributed by atoms with Crippen LogP contribution in [-0.4, -0.2) is 6.10 Å². The highest BCUT2D eigenvalue weighted by Gasteiger charge is 2.22. The van der Waals surface area contributed by atoms with Crippen LogP contribution in [-0.2, 0) is 4.52 Å². The second kappa shape index (κ2) is 15.3. The van der Waals surface area contributed by atoms with E-state index in [0.29, 0.717) is 0 Å². The van der Waals surface area contributed by atoms with Crippen molar-refractivity contribution >= 4 is 8.60 Å². The topological polar surface area (TPSA) is 27.7 Å². The van der Waals surface area contributed by atoms with Gasteiger partial charge in [0.25, 0.3) is 0 Å². The van der Waals surface area contributed by atoms with Crippen LogP contribution in [0.15, 0.2) is 60.7 Å².